The molecule has 3 nitrogen and oxygen atoms in total. The van der Waals surface area contributed by atoms with Crippen molar-refractivity contribution in [1.29, 1.82) is 0 Å². The quantitative estimate of drug-likeness (QED) is 0.808. The molecule has 2 atom stereocenters. The van der Waals surface area contributed by atoms with Gasteiger partial charge in [0.05, 0.1) is 12.0 Å². The number of carbonyl (C=O) groups is 1. The molecule has 0 spiro atoms. The lowest BCUT2D eigenvalue weighted by atomic mass is 9.97. The van der Waals surface area contributed by atoms with Gasteiger partial charge in [0.2, 0.25) is 0 Å². The second-order valence-corrected chi connectivity index (χ2v) is 3.25. The van der Waals surface area contributed by atoms with Crippen LogP contribution in [0.2, 0.25) is 0 Å². The summed E-state index contributed by atoms with van der Waals surface area (Å²) in [6.07, 6.45) is -1.35. The highest BCUT2D eigenvalue weighted by Gasteiger charge is 2.23. The van der Waals surface area contributed by atoms with E-state index in [1.54, 1.807) is 0 Å². The third-order valence-electron chi connectivity index (χ3n) is 2.15. The van der Waals surface area contributed by atoms with Crippen LogP contribution in [0.1, 0.15) is 18.6 Å². The zero-order valence-corrected chi connectivity index (χ0v) is 7.95. The number of carboxylic acids is 1. The summed E-state index contributed by atoms with van der Waals surface area (Å²) in [5.74, 6) is -4.42. The Hall–Kier alpha value is -1.49. The normalized spacial score (nSPS) is 14.7. The Morgan fingerprint density at radius 1 is 1.33 bits per heavy atom. The first-order valence-electron chi connectivity index (χ1n) is 4.29. The Kier molecular flexibility index (Phi) is 3.36. The fraction of sp³-hybridized carbons (Fsp3) is 0.300. The van der Waals surface area contributed by atoms with E-state index in [1.165, 1.54) is 6.92 Å². The first-order chi connectivity index (χ1) is 6.93. The minimum absolute atomic E-state index is 0.0452. The van der Waals surface area contributed by atoms with Gasteiger partial charge in [-0.15, -0.1) is 0 Å². The molecule has 5 heteroatoms. The van der Waals surface area contributed by atoms with Crippen molar-refractivity contribution < 1.29 is 23.8 Å². The zero-order chi connectivity index (χ0) is 11.6. The molecule has 0 aliphatic carbocycles. The zero-order valence-electron chi connectivity index (χ0n) is 7.95. The summed E-state index contributed by atoms with van der Waals surface area (Å²) in [6.45, 7) is 1.29. The Labute approximate surface area is 85.0 Å². The van der Waals surface area contributed by atoms with Crippen molar-refractivity contribution in [2.75, 3.05) is 0 Å². The topological polar surface area (TPSA) is 57.5 Å². The van der Waals surface area contributed by atoms with E-state index in [1.807, 2.05) is 0 Å². The summed E-state index contributed by atoms with van der Waals surface area (Å²) in [4.78, 5) is 10.5. The molecular formula is C10H10F2O3. The number of halogens is 2. The first-order valence-corrected chi connectivity index (χ1v) is 4.29. The van der Waals surface area contributed by atoms with Crippen molar-refractivity contribution in [3.8, 4) is 0 Å². The molecule has 1 aromatic rings. The minimum Gasteiger partial charge on any atom is -0.481 e. The molecule has 1 aromatic carbocycles. The van der Waals surface area contributed by atoms with E-state index in [4.69, 9.17) is 5.11 Å². The van der Waals surface area contributed by atoms with E-state index in [0.717, 1.165) is 18.2 Å². The van der Waals surface area contributed by atoms with Crippen molar-refractivity contribution in [2.24, 2.45) is 5.92 Å². The predicted octanol–water partition coefficient (Wildman–Crippen LogP) is 1.72. The highest BCUT2D eigenvalue weighted by molar-refractivity contribution is 5.70. The molecule has 0 aliphatic heterocycles. The predicted molar refractivity (Wildman–Crippen MR) is 48.1 cm³/mol. The number of carboxylic acid groups (broad SMARTS) is 1. The van der Waals surface area contributed by atoms with Gasteiger partial charge < -0.3 is 10.2 Å². The summed E-state index contributed by atoms with van der Waals surface area (Å²) in [5.41, 5.74) is 0.0452. The van der Waals surface area contributed by atoms with Crippen LogP contribution >= 0.6 is 0 Å². The van der Waals surface area contributed by atoms with Gasteiger partial charge in [-0.05, 0) is 24.6 Å². The average molecular weight is 216 g/mol. The van der Waals surface area contributed by atoms with Crippen LogP contribution in [0.5, 0.6) is 0 Å². The number of rotatable bonds is 3. The number of hydrogen-bond donors (Lipinski definition) is 2. The Morgan fingerprint density at radius 2 is 1.93 bits per heavy atom. The lowest BCUT2D eigenvalue weighted by Gasteiger charge is -2.15. The van der Waals surface area contributed by atoms with Crippen LogP contribution in [0.4, 0.5) is 8.78 Å². The van der Waals surface area contributed by atoms with Crippen molar-refractivity contribution in [3.05, 3.63) is 35.4 Å². The number of benzene rings is 1. The summed E-state index contributed by atoms with van der Waals surface area (Å²) in [5, 5.41) is 18.1. The minimum atomic E-state index is -1.35. The first kappa shape index (κ1) is 11.6. The van der Waals surface area contributed by atoms with Gasteiger partial charge in [-0.1, -0.05) is 6.07 Å². The van der Waals surface area contributed by atoms with Gasteiger partial charge in [-0.2, -0.15) is 0 Å². The maximum Gasteiger partial charge on any atom is 0.309 e. The van der Waals surface area contributed by atoms with Gasteiger partial charge in [0.15, 0.2) is 11.6 Å². The van der Waals surface area contributed by atoms with Crippen molar-refractivity contribution in [1.82, 2.24) is 0 Å². The molecule has 0 saturated heterocycles. The third kappa shape index (κ3) is 2.50. The van der Waals surface area contributed by atoms with Crippen LogP contribution in [0.25, 0.3) is 0 Å². The van der Waals surface area contributed by atoms with E-state index < -0.39 is 29.6 Å². The number of aliphatic hydroxyl groups is 1. The molecule has 0 unspecified atom stereocenters. The molecule has 0 saturated carbocycles. The van der Waals surface area contributed by atoms with E-state index in [0.29, 0.717) is 0 Å². The lowest BCUT2D eigenvalue weighted by Crippen LogP contribution is -2.18. The van der Waals surface area contributed by atoms with Crippen LogP contribution in [0, 0.1) is 17.6 Å². The van der Waals surface area contributed by atoms with Crippen LogP contribution in [0.3, 0.4) is 0 Å². The maximum atomic E-state index is 12.8. The Balaban J connectivity index is 2.96. The van der Waals surface area contributed by atoms with E-state index in [9.17, 15) is 18.7 Å². The van der Waals surface area contributed by atoms with E-state index in [2.05, 4.69) is 0 Å². The van der Waals surface area contributed by atoms with Crippen molar-refractivity contribution in [3.63, 3.8) is 0 Å². The molecule has 0 heterocycles. The maximum absolute atomic E-state index is 12.8. The van der Waals surface area contributed by atoms with Crippen LogP contribution in [-0.2, 0) is 4.79 Å². The SMILES string of the molecule is C[C@@H](C(=O)O)[C@@H](O)c1ccc(F)c(F)c1. The third-order valence-corrected chi connectivity index (χ3v) is 2.15. The molecule has 0 bridgehead atoms. The molecule has 0 aromatic heterocycles. The monoisotopic (exact) mass is 216 g/mol. The molecule has 1 rings (SSSR count). The second kappa shape index (κ2) is 4.35. The summed E-state index contributed by atoms with van der Waals surface area (Å²) in [6, 6.07) is 2.80. The average Bonchev–Trinajstić information content (AvgIpc) is 2.19. The molecule has 2 N–H and O–H groups in total. The molecule has 82 valence electrons. The smallest absolute Gasteiger partial charge is 0.309 e. The van der Waals surface area contributed by atoms with E-state index in [-0.39, 0.29) is 5.56 Å². The summed E-state index contributed by atoms with van der Waals surface area (Å²) < 4.78 is 25.3. The second-order valence-electron chi connectivity index (χ2n) is 3.25. The Bertz CT molecular complexity index is 379. The van der Waals surface area contributed by atoms with Gasteiger partial charge >= 0.3 is 5.97 Å². The fourth-order valence-electron chi connectivity index (χ4n) is 1.12. The molecular weight excluding hydrogens is 206 g/mol. The molecule has 0 amide bonds. The highest BCUT2D eigenvalue weighted by Crippen LogP contribution is 2.23. The standard InChI is InChI=1S/C10H10F2O3/c1-5(10(14)15)9(13)6-2-3-7(11)8(12)4-6/h2-5,9,13H,1H3,(H,14,15)/t5-,9-/m1/s1. The van der Waals surface area contributed by atoms with Crippen molar-refractivity contribution >= 4 is 5.97 Å². The Morgan fingerprint density at radius 3 is 2.40 bits per heavy atom. The number of hydrogen-bond acceptors (Lipinski definition) is 2. The molecule has 15 heavy (non-hydrogen) atoms. The molecule has 0 radical (unpaired) electrons. The highest BCUT2D eigenvalue weighted by atomic mass is 19.2. The van der Waals surface area contributed by atoms with Crippen LogP contribution in [-0.4, -0.2) is 16.2 Å². The van der Waals surface area contributed by atoms with Gasteiger partial charge in [-0.3, -0.25) is 4.79 Å². The fourth-order valence-corrected chi connectivity index (χ4v) is 1.12. The van der Waals surface area contributed by atoms with Gasteiger partial charge in [0.1, 0.15) is 0 Å². The summed E-state index contributed by atoms with van der Waals surface area (Å²) in [7, 11) is 0. The molecule has 0 aliphatic rings. The van der Waals surface area contributed by atoms with Crippen LogP contribution < -0.4 is 0 Å². The largest absolute Gasteiger partial charge is 0.481 e. The van der Waals surface area contributed by atoms with Crippen LogP contribution in [0.15, 0.2) is 18.2 Å². The summed E-state index contributed by atoms with van der Waals surface area (Å²) >= 11 is 0. The van der Waals surface area contributed by atoms with Gasteiger partial charge in [-0.25, -0.2) is 8.78 Å². The van der Waals surface area contributed by atoms with E-state index >= 15 is 0 Å². The van der Waals surface area contributed by atoms with Crippen molar-refractivity contribution in [2.45, 2.75) is 13.0 Å². The van der Waals surface area contributed by atoms with Gasteiger partial charge in [0.25, 0.3) is 0 Å². The van der Waals surface area contributed by atoms with Gasteiger partial charge in [0, 0.05) is 0 Å². The molecule has 0 fully saturated rings. The number of aliphatic hydroxyl groups excluding tert-OH is 1. The number of aliphatic carboxylic acids is 1. The lowest BCUT2D eigenvalue weighted by molar-refractivity contribution is -0.145.